The molecule has 0 N–H and O–H groups in total. The van der Waals surface area contributed by atoms with Crippen LogP contribution in [-0.4, -0.2) is 85.4 Å². The van der Waals surface area contributed by atoms with Crippen LogP contribution < -0.4 is 29.1 Å². The highest BCUT2D eigenvalue weighted by Crippen LogP contribution is 2.43. The van der Waals surface area contributed by atoms with E-state index in [2.05, 4.69) is 4.90 Å². The van der Waals surface area contributed by atoms with E-state index >= 15 is 0 Å². The van der Waals surface area contributed by atoms with Gasteiger partial charge in [-0.25, -0.2) is 8.42 Å². The third kappa shape index (κ3) is 6.87. The molecule has 4 aromatic rings. The second-order valence-corrected chi connectivity index (χ2v) is 12.4. The van der Waals surface area contributed by atoms with Crippen LogP contribution in [0.4, 0.5) is 0 Å². The molecule has 12 heteroatoms. The molecule has 1 aliphatic rings. The molecule has 1 saturated heterocycles. The smallest absolute Gasteiger partial charge is 0.243 e. The summed E-state index contributed by atoms with van der Waals surface area (Å²) < 4.78 is 61.6. The van der Waals surface area contributed by atoms with Crippen LogP contribution in [0.2, 0.25) is 0 Å². The predicted octanol–water partition coefficient (Wildman–Crippen LogP) is 4.66. The van der Waals surface area contributed by atoms with Gasteiger partial charge in [0.15, 0.2) is 17.3 Å². The van der Waals surface area contributed by atoms with Crippen molar-refractivity contribution in [2.75, 3.05) is 67.8 Å². The van der Waals surface area contributed by atoms with Gasteiger partial charge in [0.05, 0.1) is 45.3 Å². The number of hydrogen-bond acceptors (Lipinski definition) is 10. The molecule has 2 heterocycles. The van der Waals surface area contributed by atoms with E-state index in [1.165, 1.54) is 25.6 Å². The van der Waals surface area contributed by atoms with E-state index in [1.807, 2.05) is 0 Å². The summed E-state index contributed by atoms with van der Waals surface area (Å²) in [5.41, 5.74) is 0.714. The number of fused-ring (bicyclic) bond motifs is 1. The average Bonchev–Trinajstić information content (AvgIpc) is 3.08. The van der Waals surface area contributed by atoms with Crippen LogP contribution in [0.25, 0.3) is 22.3 Å². The molecule has 1 aromatic heterocycles. The Morgan fingerprint density at radius 3 is 2.07 bits per heavy atom. The fraction of sp³-hybridized carbons (Fsp3) is 0.364. The molecule has 0 aliphatic carbocycles. The molecule has 0 atom stereocenters. The molecule has 45 heavy (non-hydrogen) atoms. The van der Waals surface area contributed by atoms with Crippen LogP contribution in [0.3, 0.4) is 0 Å². The van der Waals surface area contributed by atoms with Crippen LogP contribution in [0.15, 0.2) is 74.8 Å². The van der Waals surface area contributed by atoms with Crippen LogP contribution in [-0.2, 0) is 10.0 Å². The Morgan fingerprint density at radius 1 is 0.778 bits per heavy atom. The van der Waals surface area contributed by atoms with Gasteiger partial charge in [-0.05, 0) is 67.9 Å². The van der Waals surface area contributed by atoms with Crippen molar-refractivity contribution in [2.24, 2.45) is 0 Å². The minimum atomic E-state index is -3.56. The highest BCUT2D eigenvalue weighted by Gasteiger charge is 2.28. The third-order valence-electron chi connectivity index (χ3n) is 7.83. The van der Waals surface area contributed by atoms with Crippen LogP contribution in [0.1, 0.15) is 12.8 Å². The molecule has 1 aliphatic heterocycles. The number of hydrogen-bond donors (Lipinski definition) is 0. The van der Waals surface area contributed by atoms with Gasteiger partial charge in [0.1, 0.15) is 11.3 Å². The molecule has 240 valence electrons. The Kier molecular flexibility index (Phi) is 10.2. The van der Waals surface area contributed by atoms with Crippen LogP contribution in [0.5, 0.6) is 28.7 Å². The lowest BCUT2D eigenvalue weighted by atomic mass is 10.1. The summed E-state index contributed by atoms with van der Waals surface area (Å²) >= 11 is 0. The lowest BCUT2D eigenvalue weighted by Gasteiger charge is -2.34. The van der Waals surface area contributed by atoms with Gasteiger partial charge in [0, 0.05) is 31.7 Å². The van der Waals surface area contributed by atoms with E-state index in [0.717, 1.165) is 13.0 Å². The summed E-state index contributed by atoms with van der Waals surface area (Å²) in [5, 5.41) is 0.422. The number of piperazine rings is 1. The molecule has 1 fully saturated rings. The van der Waals surface area contributed by atoms with Crippen molar-refractivity contribution in [3.8, 4) is 40.1 Å². The molecule has 0 radical (unpaired) electrons. The quantitative estimate of drug-likeness (QED) is 0.192. The maximum absolute atomic E-state index is 13.6. The van der Waals surface area contributed by atoms with Crippen molar-refractivity contribution in [1.29, 1.82) is 0 Å². The van der Waals surface area contributed by atoms with Gasteiger partial charge >= 0.3 is 0 Å². The molecular formula is C33H38N2O9S. The monoisotopic (exact) mass is 638 g/mol. The van der Waals surface area contributed by atoms with Crippen molar-refractivity contribution in [3.63, 3.8) is 0 Å². The second-order valence-electron chi connectivity index (χ2n) is 10.5. The number of rotatable bonds is 13. The Balaban J connectivity index is 1.23. The number of para-hydroxylation sites is 1. The molecule has 0 spiro atoms. The molecule has 5 rings (SSSR count). The van der Waals surface area contributed by atoms with Gasteiger partial charge in [0.2, 0.25) is 27.0 Å². The number of unbranched alkanes of at least 4 members (excludes halogenated alkanes) is 1. The van der Waals surface area contributed by atoms with E-state index < -0.39 is 10.0 Å². The standard InChI is InChI=1S/C33H38N2O9S/c1-39-24-11-13-25(14-12-24)45(37,38)35-18-16-34(17-19-35)15-7-8-20-43-33-30(36)26-9-5-6-10-27(26)44-31(33)23-21-28(40-2)32(42-4)29(22-23)41-3/h5-6,9-14,21-22H,7-8,15-20H2,1-4H3. The number of methoxy groups -OCH3 is 4. The number of sulfonamides is 1. The lowest BCUT2D eigenvalue weighted by Crippen LogP contribution is -2.48. The maximum Gasteiger partial charge on any atom is 0.243 e. The normalized spacial score (nSPS) is 14.3. The molecule has 0 saturated carbocycles. The fourth-order valence-corrected chi connectivity index (χ4v) is 6.78. The van der Waals surface area contributed by atoms with E-state index in [0.29, 0.717) is 78.7 Å². The van der Waals surface area contributed by atoms with Gasteiger partial charge in [-0.3, -0.25) is 4.79 Å². The SMILES string of the molecule is COc1ccc(S(=O)(=O)N2CCN(CCCCOc3c(-c4cc(OC)c(OC)c(OC)c4)oc4ccccc4c3=O)CC2)cc1. The first-order valence-corrected chi connectivity index (χ1v) is 16.1. The Bertz CT molecular complexity index is 1760. The van der Waals surface area contributed by atoms with Crippen molar-refractivity contribution in [2.45, 2.75) is 17.7 Å². The van der Waals surface area contributed by atoms with Gasteiger partial charge in [-0.1, -0.05) is 12.1 Å². The first-order chi connectivity index (χ1) is 21.8. The molecule has 3 aromatic carbocycles. The summed E-state index contributed by atoms with van der Waals surface area (Å²) in [6.07, 6.45) is 1.50. The summed E-state index contributed by atoms with van der Waals surface area (Å²) in [7, 11) is 2.55. The Morgan fingerprint density at radius 2 is 1.44 bits per heavy atom. The number of ether oxygens (including phenoxy) is 5. The first-order valence-electron chi connectivity index (χ1n) is 14.7. The largest absolute Gasteiger partial charge is 0.497 e. The molecule has 0 amide bonds. The number of nitrogens with zero attached hydrogens (tertiary/aromatic N) is 2. The van der Waals surface area contributed by atoms with E-state index in [-0.39, 0.29) is 21.8 Å². The van der Waals surface area contributed by atoms with Crippen molar-refractivity contribution < 1.29 is 36.5 Å². The third-order valence-corrected chi connectivity index (χ3v) is 9.74. The fourth-order valence-electron chi connectivity index (χ4n) is 5.36. The second kappa shape index (κ2) is 14.2. The zero-order valence-electron chi connectivity index (χ0n) is 25.9. The molecule has 11 nitrogen and oxygen atoms in total. The topological polar surface area (TPSA) is 117 Å². The maximum atomic E-state index is 13.6. The highest BCUT2D eigenvalue weighted by molar-refractivity contribution is 7.89. The van der Waals surface area contributed by atoms with Gasteiger partial charge < -0.3 is 33.0 Å². The molecular weight excluding hydrogens is 600 g/mol. The van der Waals surface area contributed by atoms with Crippen LogP contribution >= 0.6 is 0 Å². The van der Waals surface area contributed by atoms with Gasteiger partial charge in [-0.2, -0.15) is 4.31 Å². The van der Waals surface area contributed by atoms with Gasteiger partial charge in [0.25, 0.3) is 0 Å². The van der Waals surface area contributed by atoms with Crippen molar-refractivity contribution in [1.82, 2.24) is 9.21 Å². The zero-order valence-corrected chi connectivity index (χ0v) is 26.7. The summed E-state index contributed by atoms with van der Waals surface area (Å²) in [4.78, 5) is 16.1. The first kappa shape index (κ1) is 32.1. The highest BCUT2D eigenvalue weighted by atomic mass is 32.2. The van der Waals surface area contributed by atoms with E-state index in [1.54, 1.807) is 67.8 Å². The van der Waals surface area contributed by atoms with E-state index in [9.17, 15) is 13.2 Å². The minimum Gasteiger partial charge on any atom is -0.497 e. The lowest BCUT2D eigenvalue weighted by molar-refractivity contribution is 0.181. The van der Waals surface area contributed by atoms with E-state index in [4.69, 9.17) is 28.1 Å². The Hall–Kier alpha value is -4.26. The number of benzene rings is 3. The average molecular weight is 639 g/mol. The molecule has 0 unspecified atom stereocenters. The van der Waals surface area contributed by atoms with Gasteiger partial charge in [-0.15, -0.1) is 0 Å². The predicted molar refractivity (Wildman–Crippen MR) is 170 cm³/mol. The summed E-state index contributed by atoms with van der Waals surface area (Å²) in [5.74, 6) is 2.26. The van der Waals surface area contributed by atoms with Crippen molar-refractivity contribution in [3.05, 3.63) is 70.9 Å². The summed E-state index contributed by atoms with van der Waals surface area (Å²) in [6.45, 7) is 3.19. The van der Waals surface area contributed by atoms with Crippen LogP contribution in [0, 0.1) is 0 Å². The summed E-state index contributed by atoms with van der Waals surface area (Å²) in [6, 6.07) is 16.9. The minimum absolute atomic E-state index is 0.111. The zero-order chi connectivity index (χ0) is 32.0. The van der Waals surface area contributed by atoms with Crippen molar-refractivity contribution >= 4 is 21.0 Å². The Labute approximate surface area is 262 Å². The molecule has 0 bridgehead atoms.